The van der Waals surface area contributed by atoms with E-state index in [0.717, 1.165) is 16.5 Å². The number of amides is 1. The van der Waals surface area contributed by atoms with Crippen molar-refractivity contribution in [3.8, 4) is 5.75 Å². The van der Waals surface area contributed by atoms with Crippen LogP contribution in [0.2, 0.25) is 0 Å². The molecular formula is C30H26BrN3O4S2. The molecule has 1 aliphatic rings. The Morgan fingerprint density at radius 1 is 1.02 bits per heavy atom. The summed E-state index contributed by atoms with van der Waals surface area (Å²) in [6.07, 6.45) is 0.871. The lowest BCUT2D eigenvalue weighted by molar-refractivity contribution is -0.132. The highest BCUT2D eigenvalue weighted by atomic mass is 79.9. The lowest BCUT2D eigenvalue weighted by Crippen LogP contribution is -2.29. The van der Waals surface area contributed by atoms with E-state index in [-0.39, 0.29) is 11.3 Å². The van der Waals surface area contributed by atoms with Gasteiger partial charge in [-0.3, -0.25) is 14.5 Å². The van der Waals surface area contributed by atoms with Crippen LogP contribution in [-0.4, -0.2) is 33.6 Å². The number of halogens is 1. The van der Waals surface area contributed by atoms with E-state index in [4.69, 9.17) is 4.74 Å². The van der Waals surface area contributed by atoms with E-state index in [1.807, 2.05) is 13.8 Å². The van der Waals surface area contributed by atoms with Crippen molar-refractivity contribution in [1.29, 1.82) is 0 Å². The van der Waals surface area contributed by atoms with E-state index in [0.29, 0.717) is 38.7 Å². The van der Waals surface area contributed by atoms with Crippen LogP contribution in [0.25, 0.3) is 5.76 Å². The predicted octanol–water partition coefficient (Wildman–Crippen LogP) is 7.32. The van der Waals surface area contributed by atoms with E-state index >= 15 is 0 Å². The van der Waals surface area contributed by atoms with Crippen LogP contribution in [-0.2, 0) is 15.3 Å². The summed E-state index contributed by atoms with van der Waals surface area (Å²) in [6.45, 7) is 4.65. The summed E-state index contributed by atoms with van der Waals surface area (Å²) in [5, 5.41) is 20.2. The fraction of sp³-hybridized carbons (Fsp3) is 0.200. The minimum absolute atomic E-state index is 0.00129. The van der Waals surface area contributed by atoms with Crippen molar-refractivity contribution >= 4 is 61.6 Å². The zero-order chi connectivity index (χ0) is 28.2. The Bertz CT molecular complexity index is 1550. The van der Waals surface area contributed by atoms with Crippen LogP contribution in [0, 0.1) is 6.92 Å². The Hall–Kier alpha value is -3.47. The van der Waals surface area contributed by atoms with Crippen molar-refractivity contribution < 1.29 is 19.4 Å². The molecule has 1 aliphatic heterocycles. The van der Waals surface area contributed by atoms with Gasteiger partial charge >= 0.3 is 5.91 Å². The first-order chi connectivity index (χ1) is 19.4. The Morgan fingerprint density at radius 3 is 2.40 bits per heavy atom. The Balaban J connectivity index is 1.51. The average molecular weight is 637 g/mol. The Labute approximate surface area is 249 Å². The number of carbonyl (C=O) groups excluding carboxylic acids is 2. The van der Waals surface area contributed by atoms with Gasteiger partial charge in [-0.15, -0.1) is 10.2 Å². The van der Waals surface area contributed by atoms with Crippen LogP contribution in [0.4, 0.5) is 5.13 Å². The normalized spacial score (nSPS) is 16.5. The van der Waals surface area contributed by atoms with E-state index in [2.05, 4.69) is 50.4 Å². The maximum absolute atomic E-state index is 13.4. The molecule has 40 heavy (non-hydrogen) atoms. The second-order valence-corrected chi connectivity index (χ2v) is 12.3. The van der Waals surface area contributed by atoms with Gasteiger partial charge in [-0.1, -0.05) is 100 Å². The van der Waals surface area contributed by atoms with Gasteiger partial charge in [0.25, 0.3) is 5.78 Å². The minimum Gasteiger partial charge on any atom is -0.507 e. The number of carbonyl (C=O) groups is 2. The summed E-state index contributed by atoms with van der Waals surface area (Å²) in [5.41, 5.74) is 3.41. The Kier molecular flexibility index (Phi) is 8.68. The number of thioether (sulfide) groups is 1. The standard InChI is InChI=1S/C30H26BrN3O4S2/c1-3-16-38-23-14-10-20(11-15-23)25-24(26(35)21-8-12-22(31)13-9-21)27(36)28(37)34(25)29-32-33-30(40-29)39-17-19-6-4-18(2)5-7-19/h4-15,25,35H,3,16-17H2,1-2H3/b26-24-. The molecule has 0 saturated carbocycles. The third kappa shape index (κ3) is 5.99. The van der Waals surface area contributed by atoms with Gasteiger partial charge in [0.05, 0.1) is 18.2 Å². The van der Waals surface area contributed by atoms with Crippen molar-refractivity contribution in [3.05, 3.63) is 105 Å². The number of ketones is 1. The lowest BCUT2D eigenvalue weighted by Gasteiger charge is -2.22. The summed E-state index contributed by atoms with van der Waals surface area (Å²) in [5.74, 6) is -0.411. The quantitative estimate of drug-likeness (QED) is 0.0677. The van der Waals surface area contributed by atoms with Gasteiger partial charge in [0.1, 0.15) is 11.5 Å². The molecule has 1 unspecified atom stereocenters. The van der Waals surface area contributed by atoms with Crippen LogP contribution in [0.1, 0.15) is 41.6 Å². The molecule has 1 aromatic heterocycles. The molecule has 0 spiro atoms. The first kappa shape index (κ1) is 28.1. The number of benzene rings is 3. The van der Waals surface area contributed by atoms with Gasteiger partial charge in [-0.2, -0.15) is 0 Å². The summed E-state index contributed by atoms with van der Waals surface area (Å²) >= 11 is 6.14. The average Bonchev–Trinajstić information content (AvgIpc) is 3.54. The molecule has 1 amide bonds. The predicted molar refractivity (Wildman–Crippen MR) is 162 cm³/mol. The first-order valence-corrected chi connectivity index (χ1v) is 15.3. The minimum atomic E-state index is -0.883. The van der Waals surface area contributed by atoms with Crippen molar-refractivity contribution in [3.63, 3.8) is 0 Å². The molecule has 1 saturated heterocycles. The number of ether oxygens (including phenoxy) is 1. The van der Waals surface area contributed by atoms with Crippen LogP contribution in [0.15, 0.2) is 87.2 Å². The van der Waals surface area contributed by atoms with E-state index in [1.165, 1.54) is 33.6 Å². The largest absolute Gasteiger partial charge is 0.507 e. The summed E-state index contributed by atoms with van der Waals surface area (Å²) in [6, 6.07) is 21.5. The van der Waals surface area contributed by atoms with Crippen molar-refractivity contribution in [2.75, 3.05) is 11.5 Å². The fourth-order valence-electron chi connectivity index (χ4n) is 4.26. The Morgan fingerprint density at radius 2 is 1.73 bits per heavy atom. The second-order valence-electron chi connectivity index (χ2n) is 9.22. The maximum atomic E-state index is 13.4. The smallest absolute Gasteiger partial charge is 0.301 e. The highest BCUT2D eigenvalue weighted by molar-refractivity contribution is 9.10. The van der Waals surface area contributed by atoms with E-state index in [9.17, 15) is 14.7 Å². The van der Waals surface area contributed by atoms with E-state index < -0.39 is 17.7 Å². The molecule has 1 atom stereocenters. The van der Waals surface area contributed by atoms with Gasteiger partial charge in [-0.25, -0.2) is 0 Å². The summed E-state index contributed by atoms with van der Waals surface area (Å²) in [4.78, 5) is 28.2. The third-order valence-corrected chi connectivity index (χ3v) is 8.97. The number of aryl methyl sites for hydroxylation is 1. The summed E-state index contributed by atoms with van der Waals surface area (Å²) < 4.78 is 7.22. The van der Waals surface area contributed by atoms with Gasteiger partial charge < -0.3 is 9.84 Å². The topological polar surface area (TPSA) is 92.6 Å². The van der Waals surface area contributed by atoms with Gasteiger partial charge in [0.15, 0.2) is 4.34 Å². The SMILES string of the molecule is CCCOc1ccc(C2/C(=C(/O)c3ccc(Br)cc3)C(=O)C(=O)N2c2nnc(SCc3ccc(C)cc3)s2)cc1. The molecule has 7 nitrogen and oxygen atoms in total. The van der Waals surface area contributed by atoms with Crippen molar-refractivity contribution in [2.24, 2.45) is 0 Å². The summed E-state index contributed by atoms with van der Waals surface area (Å²) in [7, 11) is 0. The number of aromatic nitrogens is 2. The maximum Gasteiger partial charge on any atom is 0.301 e. The lowest BCUT2D eigenvalue weighted by atomic mass is 9.95. The van der Waals surface area contributed by atoms with Crippen molar-refractivity contribution in [1.82, 2.24) is 10.2 Å². The van der Waals surface area contributed by atoms with Crippen LogP contribution in [0.5, 0.6) is 5.75 Å². The number of Topliss-reactive ketones (excluding diaryl/α,β-unsaturated/α-hetero) is 1. The van der Waals surface area contributed by atoms with Crippen LogP contribution >= 0.6 is 39.0 Å². The van der Waals surface area contributed by atoms with Gasteiger partial charge in [0, 0.05) is 15.8 Å². The fourth-order valence-corrected chi connectivity index (χ4v) is 6.35. The molecule has 2 heterocycles. The first-order valence-electron chi connectivity index (χ1n) is 12.7. The molecule has 0 radical (unpaired) electrons. The molecule has 1 fully saturated rings. The molecule has 5 rings (SSSR count). The number of hydrogen-bond donors (Lipinski definition) is 1. The highest BCUT2D eigenvalue weighted by Gasteiger charge is 2.48. The number of anilines is 1. The van der Waals surface area contributed by atoms with Gasteiger partial charge in [-0.05, 0) is 48.7 Å². The molecule has 4 aromatic rings. The van der Waals surface area contributed by atoms with Crippen LogP contribution in [0.3, 0.4) is 0 Å². The third-order valence-electron chi connectivity index (χ3n) is 6.32. The van der Waals surface area contributed by atoms with E-state index in [1.54, 1.807) is 48.5 Å². The molecule has 1 N–H and O–H groups in total. The second kappa shape index (κ2) is 12.4. The zero-order valence-corrected chi connectivity index (χ0v) is 25.1. The monoisotopic (exact) mass is 635 g/mol. The molecule has 3 aromatic carbocycles. The van der Waals surface area contributed by atoms with Crippen molar-refractivity contribution in [2.45, 2.75) is 36.4 Å². The number of rotatable bonds is 9. The molecule has 0 aliphatic carbocycles. The molecule has 204 valence electrons. The zero-order valence-electron chi connectivity index (χ0n) is 21.8. The van der Waals surface area contributed by atoms with Crippen LogP contribution < -0.4 is 9.64 Å². The number of aliphatic hydroxyl groups is 1. The number of hydrogen-bond acceptors (Lipinski definition) is 8. The molecule has 0 bridgehead atoms. The highest BCUT2D eigenvalue weighted by Crippen LogP contribution is 2.44. The van der Waals surface area contributed by atoms with Gasteiger partial charge in [0.2, 0.25) is 5.13 Å². The number of nitrogens with zero attached hydrogens (tertiary/aromatic N) is 3. The molecule has 10 heteroatoms. The number of aliphatic hydroxyl groups excluding tert-OH is 1. The molecular weight excluding hydrogens is 610 g/mol.